The fourth-order valence-electron chi connectivity index (χ4n) is 2.06. The molecule has 0 spiro atoms. The van der Waals surface area contributed by atoms with E-state index in [4.69, 9.17) is 5.11 Å². The molecule has 3 rings (SSSR count). The molecule has 3 aromatic rings. The number of aromatic carboxylic acids is 1. The topological polar surface area (TPSA) is 67.5 Å². The van der Waals surface area contributed by atoms with E-state index in [0.29, 0.717) is 23.3 Å². The molecule has 20 heavy (non-hydrogen) atoms. The predicted octanol–water partition coefficient (Wildman–Crippen LogP) is 2.16. The molecule has 6 heteroatoms. The van der Waals surface area contributed by atoms with Crippen LogP contribution in [0, 0.1) is 5.82 Å². The molecule has 0 bridgehead atoms. The molecule has 0 aliphatic carbocycles. The van der Waals surface area contributed by atoms with E-state index in [1.165, 1.54) is 18.3 Å². The van der Waals surface area contributed by atoms with Crippen LogP contribution in [0.4, 0.5) is 4.39 Å². The number of fused-ring (bicyclic) bond motifs is 1. The minimum atomic E-state index is -1.11. The second-order valence-corrected chi connectivity index (χ2v) is 4.34. The van der Waals surface area contributed by atoms with Gasteiger partial charge in [0.15, 0.2) is 11.3 Å². The van der Waals surface area contributed by atoms with Crippen LogP contribution in [0.3, 0.4) is 0 Å². The fourth-order valence-corrected chi connectivity index (χ4v) is 2.06. The number of aromatic nitrogens is 3. The largest absolute Gasteiger partial charge is 0.476 e. The van der Waals surface area contributed by atoms with Crippen molar-refractivity contribution >= 4 is 11.6 Å². The van der Waals surface area contributed by atoms with Gasteiger partial charge in [-0.05, 0) is 17.7 Å². The van der Waals surface area contributed by atoms with Gasteiger partial charge in [0, 0.05) is 25.0 Å². The number of hydrogen-bond acceptors (Lipinski definition) is 3. The van der Waals surface area contributed by atoms with Crippen LogP contribution in [0.1, 0.15) is 21.7 Å². The lowest BCUT2D eigenvalue weighted by atomic mass is 10.1. The van der Waals surface area contributed by atoms with Gasteiger partial charge in [-0.3, -0.25) is 0 Å². The molecule has 0 saturated heterocycles. The van der Waals surface area contributed by atoms with Crippen LogP contribution in [0.5, 0.6) is 0 Å². The first-order chi connectivity index (χ1) is 9.63. The fraction of sp³-hybridized carbons (Fsp3) is 0.0714. The third kappa shape index (κ3) is 2.23. The molecule has 100 valence electrons. The average molecular weight is 271 g/mol. The highest BCUT2D eigenvalue weighted by molar-refractivity contribution is 5.85. The Labute approximate surface area is 113 Å². The first-order valence-corrected chi connectivity index (χ1v) is 5.94. The summed E-state index contributed by atoms with van der Waals surface area (Å²) in [5.41, 5.74) is 1.71. The van der Waals surface area contributed by atoms with Gasteiger partial charge in [-0.15, -0.1) is 0 Å². The Bertz CT molecular complexity index is 798. The Morgan fingerprint density at radius 1 is 1.40 bits per heavy atom. The zero-order valence-corrected chi connectivity index (χ0v) is 10.3. The maximum Gasteiger partial charge on any atom is 0.356 e. The van der Waals surface area contributed by atoms with Crippen molar-refractivity contribution in [2.24, 2.45) is 0 Å². The summed E-state index contributed by atoms with van der Waals surface area (Å²) >= 11 is 0. The molecule has 5 nitrogen and oxygen atoms in total. The molecule has 0 fully saturated rings. The highest BCUT2D eigenvalue weighted by Crippen LogP contribution is 2.14. The van der Waals surface area contributed by atoms with E-state index in [9.17, 15) is 9.18 Å². The summed E-state index contributed by atoms with van der Waals surface area (Å²) in [6.45, 7) is 0. The Hall–Kier alpha value is -2.76. The Morgan fingerprint density at radius 2 is 2.25 bits per heavy atom. The maximum absolute atomic E-state index is 13.2. The number of imidazole rings is 1. The first-order valence-electron chi connectivity index (χ1n) is 5.94. The molecule has 0 aliphatic heterocycles. The van der Waals surface area contributed by atoms with Crippen molar-refractivity contribution in [3.8, 4) is 0 Å². The van der Waals surface area contributed by atoms with Crippen LogP contribution in [0.25, 0.3) is 5.65 Å². The van der Waals surface area contributed by atoms with Crippen LogP contribution in [0.2, 0.25) is 0 Å². The third-order valence-corrected chi connectivity index (χ3v) is 2.92. The zero-order valence-electron chi connectivity index (χ0n) is 10.3. The highest BCUT2D eigenvalue weighted by atomic mass is 19.1. The quantitative estimate of drug-likeness (QED) is 0.792. The van der Waals surface area contributed by atoms with E-state index in [2.05, 4.69) is 9.97 Å². The van der Waals surface area contributed by atoms with Gasteiger partial charge in [-0.25, -0.2) is 19.2 Å². The maximum atomic E-state index is 13.2. The standard InChI is InChI=1S/C14H10FN3O2/c15-10-3-1-2-9(6-10)7-11-13-16-4-5-18(13)8-12(17-11)14(19)20/h1-6,8H,7H2,(H,19,20). The van der Waals surface area contributed by atoms with Crippen LogP contribution in [-0.4, -0.2) is 25.4 Å². The molecular formula is C14H10FN3O2. The smallest absolute Gasteiger partial charge is 0.356 e. The van der Waals surface area contributed by atoms with Crippen molar-refractivity contribution in [1.29, 1.82) is 0 Å². The lowest BCUT2D eigenvalue weighted by Crippen LogP contribution is -2.07. The number of carbonyl (C=O) groups is 1. The van der Waals surface area contributed by atoms with Crippen molar-refractivity contribution in [1.82, 2.24) is 14.4 Å². The molecule has 2 heterocycles. The third-order valence-electron chi connectivity index (χ3n) is 2.92. The van der Waals surface area contributed by atoms with E-state index in [1.54, 1.807) is 28.9 Å². The van der Waals surface area contributed by atoms with Crippen LogP contribution >= 0.6 is 0 Å². The first kappa shape index (κ1) is 12.3. The van der Waals surface area contributed by atoms with Crippen LogP contribution in [0.15, 0.2) is 42.9 Å². The Kier molecular flexibility index (Phi) is 2.90. The van der Waals surface area contributed by atoms with E-state index in [0.717, 1.165) is 0 Å². The average Bonchev–Trinajstić information content (AvgIpc) is 2.87. The number of hydrogen-bond donors (Lipinski definition) is 1. The molecule has 0 radical (unpaired) electrons. The number of carboxylic acid groups (broad SMARTS) is 1. The number of halogens is 1. The summed E-state index contributed by atoms with van der Waals surface area (Å²) < 4.78 is 14.8. The van der Waals surface area contributed by atoms with E-state index in [-0.39, 0.29) is 11.5 Å². The van der Waals surface area contributed by atoms with Crippen molar-refractivity contribution in [2.45, 2.75) is 6.42 Å². The van der Waals surface area contributed by atoms with Crippen molar-refractivity contribution in [2.75, 3.05) is 0 Å². The summed E-state index contributed by atoms with van der Waals surface area (Å²) in [7, 11) is 0. The molecular weight excluding hydrogens is 261 g/mol. The summed E-state index contributed by atoms with van der Waals surface area (Å²) in [6.07, 6.45) is 4.94. The normalized spacial score (nSPS) is 10.8. The van der Waals surface area contributed by atoms with Gasteiger partial charge in [0.2, 0.25) is 0 Å². The van der Waals surface area contributed by atoms with E-state index in [1.807, 2.05) is 0 Å². The molecule has 0 amide bonds. The highest BCUT2D eigenvalue weighted by Gasteiger charge is 2.12. The SMILES string of the molecule is O=C(O)c1cn2ccnc2c(Cc2cccc(F)c2)n1. The summed E-state index contributed by atoms with van der Waals surface area (Å²) in [5.74, 6) is -1.45. The molecule has 0 atom stereocenters. The van der Waals surface area contributed by atoms with E-state index >= 15 is 0 Å². The number of carboxylic acids is 1. The van der Waals surface area contributed by atoms with Gasteiger partial charge in [0.05, 0.1) is 5.69 Å². The van der Waals surface area contributed by atoms with Crippen molar-refractivity contribution in [3.05, 3.63) is 65.6 Å². The molecule has 0 aliphatic rings. The van der Waals surface area contributed by atoms with Gasteiger partial charge in [0.25, 0.3) is 0 Å². The van der Waals surface area contributed by atoms with Gasteiger partial charge in [-0.2, -0.15) is 0 Å². The van der Waals surface area contributed by atoms with Gasteiger partial charge in [0.1, 0.15) is 5.82 Å². The lowest BCUT2D eigenvalue weighted by molar-refractivity contribution is 0.0689. The van der Waals surface area contributed by atoms with Gasteiger partial charge >= 0.3 is 5.97 Å². The minimum Gasteiger partial charge on any atom is -0.476 e. The summed E-state index contributed by atoms with van der Waals surface area (Å²) in [6, 6.07) is 6.12. The van der Waals surface area contributed by atoms with Gasteiger partial charge < -0.3 is 9.51 Å². The summed E-state index contributed by atoms with van der Waals surface area (Å²) in [5, 5.41) is 9.06. The molecule has 0 saturated carbocycles. The predicted molar refractivity (Wildman–Crippen MR) is 69.2 cm³/mol. The lowest BCUT2D eigenvalue weighted by Gasteiger charge is -2.05. The number of rotatable bonds is 3. The second kappa shape index (κ2) is 4.73. The molecule has 0 unspecified atom stereocenters. The minimum absolute atomic E-state index is 0.0677. The number of benzene rings is 1. The van der Waals surface area contributed by atoms with Crippen LogP contribution < -0.4 is 0 Å². The summed E-state index contributed by atoms with van der Waals surface area (Å²) in [4.78, 5) is 19.3. The Morgan fingerprint density at radius 3 is 3.00 bits per heavy atom. The van der Waals surface area contributed by atoms with Crippen LogP contribution in [-0.2, 0) is 6.42 Å². The second-order valence-electron chi connectivity index (χ2n) is 4.34. The Balaban J connectivity index is 2.09. The number of nitrogens with zero attached hydrogens (tertiary/aromatic N) is 3. The van der Waals surface area contributed by atoms with Crippen molar-refractivity contribution < 1.29 is 14.3 Å². The van der Waals surface area contributed by atoms with Crippen molar-refractivity contribution in [3.63, 3.8) is 0 Å². The molecule has 1 aromatic carbocycles. The monoisotopic (exact) mass is 271 g/mol. The molecule has 2 aromatic heterocycles. The molecule has 1 N–H and O–H groups in total. The zero-order chi connectivity index (χ0) is 14.1. The van der Waals surface area contributed by atoms with Gasteiger partial charge in [-0.1, -0.05) is 12.1 Å². The van der Waals surface area contributed by atoms with E-state index < -0.39 is 5.97 Å².